The number of aryl methyl sites for hydroxylation is 2. The lowest BCUT2D eigenvalue weighted by Gasteiger charge is -2.41. The van der Waals surface area contributed by atoms with Crippen LogP contribution in [0, 0.1) is 5.41 Å². The van der Waals surface area contributed by atoms with Crippen molar-refractivity contribution < 1.29 is 32.6 Å². The van der Waals surface area contributed by atoms with Gasteiger partial charge in [-0.3, -0.25) is 4.79 Å². The fourth-order valence-corrected chi connectivity index (χ4v) is 5.66. The van der Waals surface area contributed by atoms with Crippen molar-refractivity contribution in [2.45, 2.75) is 116 Å². The smallest absolute Gasteiger partial charge is 0.410 e. The summed E-state index contributed by atoms with van der Waals surface area (Å²) in [5.74, 6) is -0.165. The summed E-state index contributed by atoms with van der Waals surface area (Å²) in [5, 5.41) is 6.09. The molecule has 0 saturated carbocycles. The Morgan fingerprint density at radius 1 is 1.10 bits per heavy atom. The molecule has 11 heteroatoms. The predicted molar refractivity (Wildman–Crippen MR) is 156 cm³/mol. The molecular weight excluding hydrogens is 546 g/mol. The first-order valence-corrected chi connectivity index (χ1v) is 15.3. The molecule has 1 aromatic heterocycles. The van der Waals surface area contributed by atoms with E-state index in [1.165, 1.54) is 17.6 Å². The third-order valence-electron chi connectivity index (χ3n) is 8.07. The number of unbranched alkanes of at least 4 members (excludes halogenated alkanes) is 4. The molecule has 42 heavy (non-hydrogen) atoms. The highest BCUT2D eigenvalue weighted by molar-refractivity contribution is 5.88. The van der Waals surface area contributed by atoms with Gasteiger partial charge in [0.05, 0.1) is 12.5 Å². The number of ether oxygens (including phenoxy) is 2. The topological polar surface area (TPSA) is 110 Å². The van der Waals surface area contributed by atoms with Gasteiger partial charge in [-0.1, -0.05) is 31.7 Å². The van der Waals surface area contributed by atoms with Crippen LogP contribution in [0.5, 0.6) is 0 Å². The third-order valence-corrected chi connectivity index (χ3v) is 8.07. The van der Waals surface area contributed by atoms with Gasteiger partial charge in [-0.25, -0.2) is 23.4 Å². The average Bonchev–Trinajstić information content (AvgIpc) is 2.94. The minimum absolute atomic E-state index is 0.0610. The van der Waals surface area contributed by atoms with Crippen molar-refractivity contribution >= 4 is 23.8 Å². The monoisotopic (exact) mass is 594 g/mol. The summed E-state index contributed by atoms with van der Waals surface area (Å²) in [5.41, 5.74) is 0.310. The number of anilines is 1. The first kappa shape index (κ1) is 33.5. The van der Waals surface area contributed by atoms with Crippen LogP contribution in [0.15, 0.2) is 12.1 Å². The number of aromatic nitrogens is 1. The lowest BCUT2D eigenvalue weighted by molar-refractivity contribution is -0.148. The van der Waals surface area contributed by atoms with E-state index in [0.29, 0.717) is 12.8 Å². The maximum atomic E-state index is 13.6. The first-order valence-electron chi connectivity index (χ1n) is 15.3. The number of rotatable bonds is 13. The highest BCUT2D eigenvalue weighted by Crippen LogP contribution is 2.38. The van der Waals surface area contributed by atoms with E-state index in [1.54, 1.807) is 20.8 Å². The molecule has 236 valence electrons. The van der Waals surface area contributed by atoms with Crippen LogP contribution in [0.3, 0.4) is 0 Å². The number of nitrogens with one attached hydrogen (secondary N) is 2. The Bertz CT molecular complexity index is 1050. The number of hydrogen-bond acceptors (Lipinski definition) is 7. The van der Waals surface area contributed by atoms with E-state index in [-0.39, 0.29) is 25.9 Å². The standard InChI is InChI=1S/C31H48F2N4O5/c1-30(2,3)42-29(40)37-19-16-31(17-20-37,21-25(32)33)28(39)36-24(27(38)41-4)13-9-7-5-6-8-12-23-15-14-22-11-10-18-34-26(22)35-23/h14-15,24-25H,5-13,16-21H2,1-4H3,(H,34,35)(H,36,39). The Balaban J connectivity index is 1.46. The van der Waals surface area contributed by atoms with Gasteiger partial charge in [0.15, 0.2) is 0 Å². The first-order chi connectivity index (χ1) is 19.9. The molecule has 3 rings (SSSR count). The van der Waals surface area contributed by atoms with Crippen molar-refractivity contribution in [2.75, 3.05) is 32.1 Å². The van der Waals surface area contributed by atoms with Crippen molar-refractivity contribution in [3.8, 4) is 0 Å². The van der Waals surface area contributed by atoms with E-state index in [4.69, 9.17) is 14.5 Å². The molecule has 0 aromatic carbocycles. The molecule has 1 atom stereocenters. The number of piperidine rings is 1. The van der Waals surface area contributed by atoms with Crippen LogP contribution in [0.1, 0.15) is 96.2 Å². The van der Waals surface area contributed by atoms with Crippen molar-refractivity contribution in [2.24, 2.45) is 5.41 Å². The lowest BCUT2D eigenvalue weighted by atomic mass is 9.74. The number of hydrogen-bond donors (Lipinski definition) is 2. The molecule has 1 aromatic rings. The van der Waals surface area contributed by atoms with E-state index in [2.05, 4.69) is 22.8 Å². The summed E-state index contributed by atoms with van der Waals surface area (Å²) >= 11 is 0. The van der Waals surface area contributed by atoms with Crippen molar-refractivity contribution in [3.63, 3.8) is 0 Å². The zero-order valence-corrected chi connectivity index (χ0v) is 25.6. The molecule has 2 aliphatic heterocycles. The quantitative estimate of drug-likeness (QED) is 0.224. The molecule has 2 N–H and O–H groups in total. The molecular formula is C31H48F2N4O5. The summed E-state index contributed by atoms with van der Waals surface area (Å²) in [6.45, 7) is 6.46. The van der Waals surface area contributed by atoms with Gasteiger partial charge in [0.25, 0.3) is 0 Å². The lowest BCUT2D eigenvalue weighted by Crippen LogP contribution is -2.54. The summed E-state index contributed by atoms with van der Waals surface area (Å²) in [6.07, 6.45) is 4.31. The second-order valence-electron chi connectivity index (χ2n) is 12.5. The van der Waals surface area contributed by atoms with Crippen LogP contribution >= 0.6 is 0 Å². The van der Waals surface area contributed by atoms with Crippen molar-refractivity contribution in [1.29, 1.82) is 0 Å². The minimum Gasteiger partial charge on any atom is -0.467 e. The van der Waals surface area contributed by atoms with Crippen LogP contribution < -0.4 is 10.6 Å². The largest absolute Gasteiger partial charge is 0.467 e. The minimum atomic E-state index is -2.70. The molecule has 1 unspecified atom stereocenters. The van der Waals surface area contributed by atoms with E-state index in [0.717, 1.165) is 63.0 Å². The Labute approximate surface area is 248 Å². The van der Waals surface area contributed by atoms with Gasteiger partial charge >= 0.3 is 12.1 Å². The molecule has 0 radical (unpaired) electrons. The van der Waals surface area contributed by atoms with Gasteiger partial charge in [0.2, 0.25) is 12.3 Å². The molecule has 9 nitrogen and oxygen atoms in total. The Hall–Kier alpha value is -2.98. The van der Waals surface area contributed by atoms with Gasteiger partial charge in [-0.05, 0) is 77.3 Å². The molecule has 1 fully saturated rings. The Kier molecular flexibility index (Phi) is 12.4. The van der Waals surface area contributed by atoms with Gasteiger partial charge in [0.1, 0.15) is 17.5 Å². The maximum absolute atomic E-state index is 13.6. The highest BCUT2D eigenvalue weighted by Gasteiger charge is 2.45. The number of fused-ring (bicyclic) bond motifs is 1. The SMILES string of the molecule is COC(=O)C(CCCCCCCc1ccc2c(n1)NCCC2)NC(=O)C1(CC(F)F)CCN(C(=O)OC(C)(C)C)CC1. The number of amides is 2. The molecule has 0 aliphatic carbocycles. The Morgan fingerprint density at radius 2 is 1.79 bits per heavy atom. The van der Waals surface area contributed by atoms with Crippen LogP contribution in [0.2, 0.25) is 0 Å². The number of carbonyl (C=O) groups excluding carboxylic acids is 3. The molecule has 3 heterocycles. The molecule has 0 bridgehead atoms. The molecule has 1 saturated heterocycles. The van der Waals surface area contributed by atoms with E-state index >= 15 is 0 Å². The van der Waals surface area contributed by atoms with E-state index < -0.39 is 47.9 Å². The third kappa shape index (κ3) is 10.1. The zero-order valence-electron chi connectivity index (χ0n) is 25.6. The predicted octanol–water partition coefficient (Wildman–Crippen LogP) is 5.65. The molecule has 0 spiro atoms. The van der Waals surface area contributed by atoms with Gasteiger partial charge in [0, 0.05) is 31.7 Å². The number of halogens is 2. The fourth-order valence-electron chi connectivity index (χ4n) is 5.66. The van der Waals surface area contributed by atoms with Crippen LogP contribution in [-0.4, -0.2) is 72.7 Å². The number of carbonyl (C=O) groups is 3. The number of methoxy groups -OCH3 is 1. The Morgan fingerprint density at radius 3 is 2.45 bits per heavy atom. The summed E-state index contributed by atoms with van der Waals surface area (Å²) in [6, 6.07) is 3.37. The second-order valence-corrected chi connectivity index (χ2v) is 12.5. The highest BCUT2D eigenvalue weighted by atomic mass is 19.3. The van der Waals surface area contributed by atoms with Crippen LogP contribution in [0.4, 0.5) is 19.4 Å². The van der Waals surface area contributed by atoms with Crippen molar-refractivity contribution in [1.82, 2.24) is 15.2 Å². The van der Waals surface area contributed by atoms with Gasteiger partial charge < -0.3 is 25.0 Å². The maximum Gasteiger partial charge on any atom is 0.410 e. The van der Waals surface area contributed by atoms with Crippen LogP contribution in [-0.2, 0) is 31.9 Å². The average molecular weight is 595 g/mol. The normalized spacial score (nSPS) is 17.2. The zero-order chi connectivity index (χ0) is 30.8. The fraction of sp³-hybridized carbons (Fsp3) is 0.742. The molecule has 2 aliphatic rings. The summed E-state index contributed by atoms with van der Waals surface area (Å²) in [4.78, 5) is 44.5. The van der Waals surface area contributed by atoms with Crippen LogP contribution in [0.25, 0.3) is 0 Å². The summed E-state index contributed by atoms with van der Waals surface area (Å²) in [7, 11) is 1.25. The number of likely N-dealkylation sites (tertiary alicyclic amines) is 1. The number of pyridine rings is 1. The second kappa shape index (κ2) is 15.5. The van der Waals surface area contributed by atoms with Crippen molar-refractivity contribution in [3.05, 3.63) is 23.4 Å². The van der Waals surface area contributed by atoms with E-state index in [9.17, 15) is 23.2 Å². The number of nitrogens with zero attached hydrogens (tertiary/aromatic N) is 2. The molecule has 2 amide bonds. The number of esters is 1. The van der Waals surface area contributed by atoms with Gasteiger partial charge in [-0.2, -0.15) is 0 Å². The van der Waals surface area contributed by atoms with E-state index in [1.807, 2.05) is 0 Å². The number of alkyl halides is 2. The summed E-state index contributed by atoms with van der Waals surface area (Å²) < 4.78 is 37.5. The van der Waals surface area contributed by atoms with Gasteiger partial charge in [-0.15, -0.1) is 0 Å².